The van der Waals surface area contributed by atoms with E-state index in [1.165, 1.54) is 0 Å². The Morgan fingerprint density at radius 3 is 2.62 bits per heavy atom. The third-order valence-corrected chi connectivity index (χ3v) is 5.87. The zero-order valence-corrected chi connectivity index (χ0v) is 16.6. The number of benzene rings is 1. The molecule has 26 heavy (non-hydrogen) atoms. The zero-order valence-electron chi connectivity index (χ0n) is 15.0. The quantitative estimate of drug-likeness (QED) is 0.624. The molecule has 0 bridgehead atoms. The third kappa shape index (κ3) is 3.92. The predicted octanol–water partition coefficient (Wildman–Crippen LogP) is 4.36. The third-order valence-electron chi connectivity index (χ3n) is 4.82. The van der Waals surface area contributed by atoms with E-state index in [-0.39, 0.29) is 18.3 Å². The fourth-order valence-corrected chi connectivity index (χ4v) is 3.80. The Morgan fingerprint density at radius 2 is 1.96 bits per heavy atom. The highest BCUT2D eigenvalue weighted by Gasteiger charge is 2.33. The fraction of sp³-hybridized carbons (Fsp3) is 0.368. The first-order chi connectivity index (χ1) is 12.1. The van der Waals surface area contributed by atoms with Crippen molar-refractivity contribution in [2.45, 2.75) is 33.2 Å². The normalized spacial score (nSPS) is 11.3. The molecule has 0 atom stereocenters. The SMILES string of the molecule is CCC(CC)(CN)C(=O)NCc1ccc(-c2nc3ccccc3s2)o1.Cl. The number of rotatable bonds is 7. The molecule has 0 radical (unpaired) electrons. The average Bonchev–Trinajstić information content (AvgIpc) is 3.28. The topological polar surface area (TPSA) is 81.2 Å². The van der Waals surface area contributed by atoms with E-state index in [4.69, 9.17) is 10.2 Å². The number of hydrogen-bond acceptors (Lipinski definition) is 5. The summed E-state index contributed by atoms with van der Waals surface area (Å²) < 4.78 is 6.99. The Morgan fingerprint density at radius 1 is 1.23 bits per heavy atom. The minimum atomic E-state index is -0.498. The van der Waals surface area contributed by atoms with Gasteiger partial charge < -0.3 is 15.5 Å². The van der Waals surface area contributed by atoms with Crippen molar-refractivity contribution in [1.29, 1.82) is 0 Å². The molecule has 0 saturated heterocycles. The first-order valence-corrected chi connectivity index (χ1v) is 9.36. The molecule has 0 unspecified atom stereocenters. The summed E-state index contributed by atoms with van der Waals surface area (Å²) in [6, 6.07) is 11.8. The molecule has 1 aromatic carbocycles. The van der Waals surface area contributed by atoms with E-state index in [1.54, 1.807) is 11.3 Å². The van der Waals surface area contributed by atoms with Crippen LogP contribution in [0.5, 0.6) is 0 Å². The molecular weight excluding hydrogens is 370 g/mol. The Kier molecular flexibility index (Phi) is 6.81. The number of amides is 1. The van der Waals surface area contributed by atoms with Gasteiger partial charge in [0.05, 0.1) is 22.2 Å². The van der Waals surface area contributed by atoms with Gasteiger partial charge in [0.15, 0.2) is 10.8 Å². The van der Waals surface area contributed by atoms with Gasteiger partial charge in [-0.3, -0.25) is 4.79 Å². The molecule has 3 N–H and O–H groups in total. The van der Waals surface area contributed by atoms with Crippen molar-refractivity contribution in [3.63, 3.8) is 0 Å². The number of thiazole rings is 1. The molecule has 0 saturated carbocycles. The van der Waals surface area contributed by atoms with Crippen molar-refractivity contribution in [2.75, 3.05) is 6.54 Å². The number of fused-ring (bicyclic) bond motifs is 1. The van der Waals surface area contributed by atoms with Gasteiger partial charge in [-0.1, -0.05) is 26.0 Å². The number of furan rings is 1. The Balaban J connectivity index is 0.00000243. The van der Waals surface area contributed by atoms with Crippen molar-refractivity contribution >= 4 is 39.9 Å². The van der Waals surface area contributed by atoms with Crippen LogP contribution >= 0.6 is 23.7 Å². The van der Waals surface area contributed by atoms with Crippen LogP contribution in [0.15, 0.2) is 40.8 Å². The molecule has 2 heterocycles. The zero-order chi connectivity index (χ0) is 17.9. The lowest BCUT2D eigenvalue weighted by Crippen LogP contribution is -2.44. The largest absolute Gasteiger partial charge is 0.457 e. The van der Waals surface area contributed by atoms with E-state index in [0.717, 1.165) is 33.8 Å². The van der Waals surface area contributed by atoms with Gasteiger partial charge in [0.1, 0.15) is 5.76 Å². The molecule has 0 aliphatic heterocycles. The lowest BCUT2D eigenvalue weighted by Gasteiger charge is -2.28. The van der Waals surface area contributed by atoms with Gasteiger partial charge in [-0.15, -0.1) is 23.7 Å². The highest BCUT2D eigenvalue weighted by molar-refractivity contribution is 7.21. The number of hydrogen-bond donors (Lipinski definition) is 2. The van der Waals surface area contributed by atoms with E-state index < -0.39 is 5.41 Å². The molecule has 2 aromatic heterocycles. The summed E-state index contributed by atoms with van der Waals surface area (Å²) in [5, 5.41) is 3.80. The number of nitrogens with one attached hydrogen (secondary N) is 1. The Bertz CT molecular complexity index is 829. The van der Waals surface area contributed by atoms with E-state index in [1.807, 2.05) is 50.2 Å². The van der Waals surface area contributed by atoms with Crippen LogP contribution in [0.3, 0.4) is 0 Å². The smallest absolute Gasteiger partial charge is 0.227 e. The number of nitrogens with zero attached hydrogens (tertiary/aromatic N) is 1. The van der Waals surface area contributed by atoms with Gasteiger partial charge in [0, 0.05) is 6.54 Å². The maximum Gasteiger partial charge on any atom is 0.227 e. The summed E-state index contributed by atoms with van der Waals surface area (Å²) in [6.07, 6.45) is 1.45. The Labute approximate surface area is 163 Å². The highest BCUT2D eigenvalue weighted by atomic mass is 35.5. The second-order valence-corrected chi connectivity index (χ2v) is 7.16. The van der Waals surface area contributed by atoms with Crippen LogP contribution in [0.1, 0.15) is 32.4 Å². The number of halogens is 1. The number of carbonyl (C=O) groups is 1. The molecule has 0 fully saturated rings. The lowest BCUT2D eigenvalue weighted by atomic mass is 9.81. The molecule has 0 spiro atoms. The van der Waals surface area contributed by atoms with E-state index in [2.05, 4.69) is 10.3 Å². The molecule has 0 aliphatic carbocycles. The van der Waals surface area contributed by atoms with Crippen molar-refractivity contribution in [3.05, 3.63) is 42.2 Å². The second-order valence-electron chi connectivity index (χ2n) is 6.13. The summed E-state index contributed by atoms with van der Waals surface area (Å²) in [5.74, 6) is 1.42. The lowest BCUT2D eigenvalue weighted by molar-refractivity contribution is -0.131. The van der Waals surface area contributed by atoms with Crippen LogP contribution in [0, 0.1) is 5.41 Å². The van der Waals surface area contributed by atoms with Crippen LogP contribution < -0.4 is 11.1 Å². The first-order valence-electron chi connectivity index (χ1n) is 8.55. The Hall–Kier alpha value is -1.89. The monoisotopic (exact) mass is 393 g/mol. The maximum atomic E-state index is 12.5. The van der Waals surface area contributed by atoms with Gasteiger partial charge in [-0.05, 0) is 37.1 Å². The average molecular weight is 394 g/mol. The second kappa shape index (κ2) is 8.66. The van der Waals surface area contributed by atoms with Gasteiger partial charge in [0.2, 0.25) is 5.91 Å². The van der Waals surface area contributed by atoms with Crippen molar-refractivity contribution in [1.82, 2.24) is 10.3 Å². The summed E-state index contributed by atoms with van der Waals surface area (Å²) in [4.78, 5) is 17.1. The predicted molar refractivity (Wildman–Crippen MR) is 108 cm³/mol. The number of nitrogens with two attached hydrogens (primary N) is 1. The molecule has 1 amide bonds. The molecule has 5 nitrogen and oxygen atoms in total. The van der Waals surface area contributed by atoms with E-state index >= 15 is 0 Å². The number of carbonyl (C=O) groups excluding carboxylic acids is 1. The van der Waals surface area contributed by atoms with Crippen LogP contribution in [0.25, 0.3) is 21.0 Å². The fourth-order valence-electron chi connectivity index (χ4n) is 2.87. The first kappa shape index (κ1) is 20.4. The molecule has 7 heteroatoms. The van der Waals surface area contributed by atoms with Crippen molar-refractivity contribution in [3.8, 4) is 10.8 Å². The number of para-hydroxylation sites is 1. The molecular formula is C19H24ClN3O2S. The summed E-state index contributed by atoms with van der Waals surface area (Å²) >= 11 is 1.59. The standard InChI is InChI=1S/C19H23N3O2S.ClH/c1-3-19(4-2,12-20)18(23)21-11-13-9-10-15(24-13)17-22-14-7-5-6-8-16(14)25-17;/h5-10H,3-4,11-12,20H2,1-2H3,(H,21,23);1H. The van der Waals surface area contributed by atoms with Gasteiger partial charge >= 0.3 is 0 Å². The minimum absolute atomic E-state index is 0. The van der Waals surface area contributed by atoms with Crippen LogP contribution in [-0.4, -0.2) is 17.4 Å². The van der Waals surface area contributed by atoms with Gasteiger partial charge in [0.25, 0.3) is 0 Å². The molecule has 140 valence electrons. The molecule has 3 rings (SSSR count). The van der Waals surface area contributed by atoms with Gasteiger partial charge in [-0.2, -0.15) is 0 Å². The van der Waals surface area contributed by atoms with Crippen LogP contribution in [0.2, 0.25) is 0 Å². The minimum Gasteiger partial charge on any atom is -0.457 e. The summed E-state index contributed by atoms with van der Waals surface area (Å²) in [5.41, 5.74) is 6.29. The number of aromatic nitrogens is 1. The van der Waals surface area contributed by atoms with Crippen LogP contribution in [0.4, 0.5) is 0 Å². The van der Waals surface area contributed by atoms with E-state index in [9.17, 15) is 4.79 Å². The van der Waals surface area contributed by atoms with Crippen molar-refractivity contribution in [2.24, 2.45) is 11.1 Å². The van der Waals surface area contributed by atoms with Gasteiger partial charge in [-0.25, -0.2) is 4.98 Å². The maximum absolute atomic E-state index is 12.5. The van der Waals surface area contributed by atoms with Crippen molar-refractivity contribution < 1.29 is 9.21 Å². The van der Waals surface area contributed by atoms with E-state index in [0.29, 0.717) is 18.8 Å². The van der Waals surface area contributed by atoms with Crippen LogP contribution in [-0.2, 0) is 11.3 Å². The molecule has 3 aromatic rings. The summed E-state index contributed by atoms with van der Waals surface area (Å²) in [7, 11) is 0. The summed E-state index contributed by atoms with van der Waals surface area (Å²) in [6.45, 7) is 4.69. The highest BCUT2D eigenvalue weighted by Crippen LogP contribution is 2.31. The molecule has 0 aliphatic rings.